The van der Waals surface area contributed by atoms with E-state index in [-0.39, 0.29) is 5.78 Å². The molecule has 0 bridgehead atoms. The van der Waals surface area contributed by atoms with Crippen molar-refractivity contribution in [2.24, 2.45) is 7.05 Å². The molecule has 66 valence electrons. The van der Waals surface area contributed by atoms with Crippen LogP contribution in [0.5, 0.6) is 0 Å². The van der Waals surface area contributed by atoms with Gasteiger partial charge in [0.05, 0.1) is 11.3 Å². The first kappa shape index (κ1) is 9.26. The second-order valence-electron chi connectivity index (χ2n) is 2.65. The van der Waals surface area contributed by atoms with Crippen LogP contribution in [0.15, 0.2) is 0 Å². The van der Waals surface area contributed by atoms with Gasteiger partial charge in [0.25, 0.3) is 0 Å². The SMILES string of the molecule is CCC(=O)c1c(C)nn(C)c1Cl. The highest BCUT2D eigenvalue weighted by Crippen LogP contribution is 2.19. The highest BCUT2D eigenvalue weighted by atomic mass is 35.5. The Morgan fingerprint density at radius 2 is 2.25 bits per heavy atom. The van der Waals surface area contributed by atoms with Crippen LogP contribution >= 0.6 is 11.6 Å². The lowest BCUT2D eigenvalue weighted by atomic mass is 10.1. The van der Waals surface area contributed by atoms with E-state index in [1.54, 1.807) is 14.0 Å². The Kier molecular flexibility index (Phi) is 2.52. The van der Waals surface area contributed by atoms with Crippen LogP contribution in [0.4, 0.5) is 0 Å². The Hall–Kier alpha value is -0.830. The van der Waals surface area contributed by atoms with Crippen LogP contribution < -0.4 is 0 Å². The number of carbonyl (C=O) groups excluding carboxylic acids is 1. The van der Waals surface area contributed by atoms with Crippen molar-refractivity contribution in [3.05, 3.63) is 16.4 Å². The van der Waals surface area contributed by atoms with Crippen molar-refractivity contribution in [1.82, 2.24) is 9.78 Å². The van der Waals surface area contributed by atoms with Gasteiger partial charge in [0.15, 0.2) is 5.78 Å². The van der Waals surface area contributed by atoms with Crippen LogP contribution in [-0.4, -0.2) is 15.6 Å². The van der Waals surface area contributed by atoms with Crippen molar-refractivity contribution >= 4 is 17.4 Å². The number of hydrogen-bond acceptors (Lipinski definition) is 2. The highest BCUT2D eigenvalue weighted by Gasteiger charge is 2.16. The fourth-order valence-electron chi connectivity index (χ4n) is 1.12. The van der Waals surface area contributed by atoms with Gasteiger partial charge in [-0.2, -0.15) is 5.10 Å². The topological polar surface area (TPSA) is 34.9 Å². The Labute approximate surface area is 76.3 Å². The molecule has 3 nitrogen and oxygen atoms in total. The molecule has 0 N–H and O–H groups in total. The van der Waals surface area contributed by atoms with Gasteiger partial charge in [-0.05, 0) is 6.92 Å². The van der Waals surface area contributed by atoms with E-state index in [9.17, 15) is 4.79 Å². The van der Waals surface area contributed by atoms with E-state index in [1.807, 2.05) is 6.92 Å². The maximum atomic E-state index is 11.3. The zero-order valence-electron chi connectivity index (χ0n) is 7.39. The predicted octanol–water partition coefficient (Wildman–Crippen LogP) is 1.97. The molecule has 0 spiro atoms. The molecule has 1 aromatic rings. The Morgan fingerprint density at radius 1 is 1.67 bits per heavy atom. The predicted molar refractivity (Wildman–Crippen MR) is 47.6 cm³/mol. The van der Waals surface area contributed by atoms with Crippen molar-refractivity contribution < 1.29 is 4.79 Å². The van der Waals surface area contributed by atoms with E-state index in [1.165, 1.54) is 4.68 Å². The summed E-state index contributed by atoms with van der Waals surface area (Å²) in [6, 6.07) is 0. The van der Waals surface area contributed by atoms with Gasteiger partial charge in [0.1, 0.15) is 5.15 Å². The number of Topliss-reactive ketones (excluding diaryl/α,β-unsaturated/α-hetero) is 1. The molecule has 0 saturated heterocycles. The van der Waals surface area contributed by atoms with Gasteiger partial charge in [0, 0.05) is 13.5 Å². The minimum atomic E-state index is 0.0469. The molecule has 0 aliphatic rings. The summed E-state index contributed by atoms with van der Waals surface area (Å²) in [5.74, 6) is 0.0469. The summed E-state index contributed by atoms with van der Waals surface area (Å²) < 4.78 is 1.51. The van der Waals surface area contributed by atoms with Crippen molar-refractivity contribution in [3.8, 4) is 0 Å². The molecule has 0 unspecified atom stereocenters. The molecule has 0 aliphatic heterocycles. The third-order valence-electron chi connectivity index (χ3n) is 1.75. The third kappa shape index (κ3) is 1.37. The first-order valence-corrected chi connectivity index (χ1v) is 4.18. The van der Waals surface area contributed by atoms with Crippen LogP contribution in [-0.2, 0) is 7.05 Å². The van der Waals surface area contributed by atoms with Gasteiger partial charge < -0.3 is 0 Å². The monoisotopic (exact) mass is 186 g/mol. The van der Waals surface area contributed by atoms with Crippen molar-refractivity contribution in [2.75, 3.05) is 0 Å². The first-order valence-electron chi connectivity index (χ1n) is 3.80. The second-order valence-corrected chi connectivity index (χ2v) is 3.01. The molecule has 0 amide bonds. The van der Waals surface area contributed by atoms with Crippen LogP contribution in [0.25, 0.3) is 0 Å². The summed E-state index contributed by atoms with van der Waals surface area (Å²) in [6.07, 6.45) is 0.465. The number of aryl methyl sites for hydroxylation is 2. The number of nitrogens with zero attached hydrogens (tertiary/aromatic N) is 2. The molecule has 0 aromatic carbocycles. The molecule has 4 heteroatoms. The molecule has 12 heavy (non-hydrogen) atoms. The van der Waals surface area contributed by atoms with Gasteiger partial charge in [0.2, 0.25) is 0 Å². The Bertz CT molecular complexity index is 317. The van der Waals surface area contributed by atoms with Gasteiger partial charge in [-0.25, -0.2) is 0 Å². The van der Waals surface area contributed by atoms with Gasteiger partial charge in [-0.1, -0.05) is 18.5 Å². The highest BCUT2D eigenvalue weighted by molar-refractivity contribution is 6.33. The molecule has 1 heterocycles. The molecule has 0 saturated carbocycles. The maximum absolute atomic E-state index is 11.3. The smallest absolute Gasteiger partial charge is 0.167 e. The van der Waals surface area contributed by atoms with Crippen LogP contribution in [0.3, 0.4) is 0 Å². The average Bonchev–Trinajstić information content (AvgIpc) is 2.26. The quantitative estimate of drug-likeness (QED) is 0.662. The molecule has 0 fully saturated rings. The van der Waals surface area contributed by atoms with E-state index in [2.05, 4.69) is 5.10 Å². The molecule has 1 rings (SSSR count). The van der Waals surface area contributed by atoms with Gasteiger partial charge >= 0.3 is 0 Å². The Balaban J connectivity index is 3.22. The van der Waals surface area contributed by atoms with E-state index >= 15 is 0 Å². The summed E-state index contributed by atoms with van der Waals surface area (Å²) in [5.41, 5.74) is 1.26. The zero-order valence-corrected chi connectivity index (χ0v) is 8.14. The number of ketones is 1. The maximum Gasteiger partial charge on any atom is 0.167 e. The van der Waals surface area contributed by atoms with E-state index in [4.69, 9.17) is 11.6 Å². The van der Waals surface area contributed by atoms with E-state index in [0.717, 1.165) is 0 Å². The largest absolute Gasteiger partial charge is 0.294 e. The zero-order chi connectivity index (χ0) is 9.30. The van der Waals surface area contributed by atoms with E-state index < -0.39 is 0 Å². The fourth-order valence-corrected chi connectivity index (χ4v) is 1.40. The van der Waals surface area contributed by atoms with Gasteiger partial charge in [-0.3, -0.25) is 9.48 Å². The summed E-state index contributed by atoms with van der Waals surface area (Å²) in [7, 11) is 1.72. The van der Waals surface area contributed by atoms with Crippen molar-refractivity contribution in [1.29, 1.82) is 0 Å². The lowest BCUT2D eigenvalue weighted by Gasteiger charge is -1.94. The number of rotatable bonds is 2. The third-order valence-corrected chi connectivity index (χ3v) is 2.19. The minimum absolute atomic E-state index is 0.0469. The van der Waals surface area contributed by atoms with Gasteiger partial charge in [-0.15, -0.1) is 0 Å². The number of carbonyl (C=O) groups is 1. The number of halogens is 1. The molecule has 0 atom stereocenters. The molecule has 0 aliphatic carbocycles. The normalized spacial score (nSPS) is 10.3. The average molecular weight is 187 g/mol. The summed E-state index contributed by atoms with van der Waals surface area (Å²) in [6.45, 7) is 3.60. The summed E-state index contributed by atoms with van der Waals surface area (Å²) >= 11 is 5.87. The van der Waals surface area contributed by atoms with Crippen LogP contribution in [0.2, 0.25) is 5.15 Å². The molecular weight excluding hydrogens is 176 g/mol. The second kappa shape index (κ2) is 3.27. The van der Waals surface area contributed by atoms with Crippen LogP contribution in [0.1, 0.15) is 29.4 Å². The lowest BCUT2D eigenvalue weighted by Crippen LogP contribution is -1.98. The molecule has 1 aromatic heterocycles. The minimum Gasteiger partial charge on any atom is -0.294 e. The molecule has 0 radical (unpaired) electrons. The number of aromatic nitrogens is 2. The standard InChI is InChI=1S/C8H11ClN2O/c1-4-6(12)7-5(2)10-11(3)8(7)9/h4H2,1-3H3. The molecular formula is C8H11ClN2O. The van der Waals surface area contributed by atoms with E-state index in [0.29, 0.717) is 22.8 Å². The first-order chi connectivity index (χ1) is 5.57. The lowest BCUT2D eigenvalue weighted by molar-refractivity contribution is 0.0987. The van der Waals surface area contributed by atoms with Crippen molar-refractivity contribution in [3.63, 3.8) is 0 Å². The van der Waals surface area contributed by atoms with Crippen molar-refractivity contribution in [2.45, 2.75) is 20.3 Å². The summed E-state index contributed by atoms with van der Waals surface area (Å²) in [4.78, 5) is 11.3. The summed E-state index contributed by atoms with van der Waals surface area (Å²) in [5, 5.41) is 4.47. The number of hydrogen-bond donors (Lipinski definition) is 0. The Morgan fingerprint density at radius 3 is 2.58 bits per heavy atom. The fraction of sp³-hybridized carbons (Fsp3) is 0.500. The van der Waals surface area contributed by atoms with Crippen LogP contribution in [0, 0.1) is 6.92 Å².